The number of aromatic nitrogens is 1. The second kappa shape index (κ2) is 9.66. The Labute approximate surface area is 141 Å². The van der Waals surface area contributed by atoms with E-state index in [1.807, 2.05) is 22.0 Å². The fourth-order valence-corrected chi connectivity index (χ4v) is 4.35. The molecule has 1 aliphatic rings. The maximum absolute atomic E-state index is 12.5. The number of likely N-dealkylation sites (tertiary alicyclic amines) is 1. The van der Waals surface area contributed by atoms with Gasteiger partial charge in [-0.2, -0.15) is 11.8 Å². The van der Waals surface area contributed by atoms with Gasteiger partial charge in [-0.15, -0.1) is 23.7 Å². The molecule has 1 saturated heterocycles. The van der Waals surface area contributed by atoms with E-state index in [1.54, 1.807) is 0 Å². The summed E-state index contributed by atoms with van der Waals surface area (Å²) in [6, 6.07) is 0. The van der Waals surface area contributed by atoms with E-state index in [0.717, 1.165) is 36.7 Å². The molecule has 0 radical (unpaired) electrons. The molecule has 7 heteroatoms. The predicted octanol–water partition coefficient (Wildman–Crippen LogP) is 2.81. The van der Waals surface area contributed by atoms with Crippen molar-refractivity contribution in [1.29, 1.82) is 0 Å². The molecule has 1 aromatic rings. The third kappa shape index (κ3) is 5.43. The fraction of sp³-hybridized carbons (Fsp3) is 0.714. The number of halogens is 1. The monoisotopic (exact) mass is 349 g/mol. The number of nitrogens with zero attached hydrogens (tertiary/aromatic N) is 2. The number of carbonyl (C=O) groups is 1. The van der Waals surface area contributed by atoms with Crippen LogP contribution in [0.1, 0.15) is 41.7 Å². The molecule has 1 atom stereocenters. The number of carbonyl (C=O) groups excluding carboxylic acids is 1. The van der Waals surface area contributed by atoms with Crippen LogP contribution in [0.25, 0.3) is 0 Å². The van der Waals surface area contributed by atoms with Crippen LogP contribution in [-0.2, 0) is 6.42 Å². The zero-order valence-electron chi connectivity index (χ0n) is 12.4. The molecule has 0 aromatic carbocycles. The Bertz CT molecular complexity index is 442. The third-order valence-electron chi connectivity index (χ3n) is 3.45. The quantitative estimate of drug-likeness (QED) is 0.888. The molecule has 1 aliphatic heterocycles. The highest BCUT2D eigenvalue weighted by Gasteiger charge is 2.24. The Kier molecular flexibility index (Phi) is 8.63. The number of rotatable bonds is 5. The summed E-state index contributed by atoms with van der Waals surface area (Å²) in [4.78, 5) is 19.0. The van der Waals surface area contributed by atoms with Crippen molar-refractivity contribution >= 4 is 41.4 Å². The van der Waals surface area contributed by atoms with Crippen molar-refractivity contribution in [2.45, 2.75) is 37.9 Å². The fourth-order valence-electron chi connectivity index (χ4n) is 2.47. The number of thioether (sulfide) groups is 1. The molecule has 2 rings (SSSR count). The van der Waals surface area contributed by atoms with Crippen LogP contribution in [0.2, 0.25) is 0 Å². The molecule has 2 N–H and O–H groups in total. The summed E-state index contributed by atoms with van der Waals surface area (Å²) in [5, 5.41) is 3.42. The van der Waals surface area contributed by atoms with Gasteiger partial charge in [0.1, 0.15) is 5.69 Å². The summed E-state index contributed by atoms with van der Waals surface area (Å²) in [6.07, 6.45) is 4.30. The molecule has 120 valence electrons. The summed E-state index contributed by atoms with van der Waals surface area (Å²) >= 11 is 3.51. The molecule has 1 unspecified atom stereocenters. The summed E-state index contributed by atoms with van der Waals surface area (Å²) in [7, 11) is 0. The molecule has 0 bridgehead atoms. The molecule has 4 nitrogen and oxygen atoms in total. The van der Waals surface area contributed by atoms with Gasteiger partial charge in [0.2, 0.25) is 0 Å². The zero-order chi connectivity index (χ0) is 14.4. The van der Waals surface area contributed by atoms with Gasteiger partial charge in [0.25, 0.3) is 5.91 Å². The molecule has 21 heavy (non-hydrogen) atoms. The van der Waals surface area contributed by atoms with E-state index in [2.05, 4.69) is 11.9 Å². The lowest BCUT2D eigenvalue weighted by Gasteiger charge is -2.23. The van der Waals surface area contributed by atoms with Crippen molar-refractivity contribution in [3.05, 3.63) is 16.1 Å². The van der Waals surface area contributed by atoms with Crippen molar-refractivity contribution in [3.63, 3.8) is 0 Å². The van der Waals surface area contributed by atoms with Gasteiger partial charge in [0.15, 0.2) is 0 Å². The van der Waals surface area contributed by atoms with E-state index in [-0.39, 0.29) is 18.3 Å². The SMILES string of the molecule is CCSC1CCCCN(C(=O)c2csc(CCN)n2)C1.Cl. The maximum Gasteiger partial charge on any atom is 0.273 e. The largest absolute Gasteiger partial charge is 0.336 e. The molecule has 0 spiro atoms. The van der Waals surface area contributed by atoms with Gasteiger partial charge in [-0.1, -0.05) is 13.3 Å². The van der Waals surface area contributed by atoms with Crippen molar-refractivity contribution in [3.8, 4) is 0 Å². The van der Waals surface area contributed by atoms with E-state index in [4.69, 9.17) is 5.73 Å². The highest BCUT2D eigenvalue weighted by atomic mass is 35.5. The van der Waals surface area contributed by atoms with Crippen LogP contribution in [0.4, 0.5) is 0 Å². The minimum atomic E-state index is 0. The third-order valence-corrected chi connectivity index (χ3v) is 5.54. The van der Waals surface area contributed by atoms with Gasteiger partial charge < -0.3 is 10.6 Å². The summed E-state index contributed by atoms with van der Waals surface area (Å²) in [6.45, 7) is 4.49. The first-order chi connectivity index (χ1) is 9.74. The second-order valence-electron chi connectivity index (χ2n) is 4.99. The van der Waals surface area contributed by atoms with Gasteiger partial charge in [-0.25, -0.2) is 4.98 Å². The normalized spacial score (nSPS) is 19.0. The number of thiazole rings is 1. The van der Waals surface area contributed by atoms with E-state index < -0.39 is 0 Å². The summed E-state index contributed by atoms with van der Waals surface area (Å²) in [5.74, 6) is 1.21. The lowest BCUT2D eigenvalue weighted by Crippen LogP contribution is -2.35. The van der Waals surface area contributed by atoms with E-state index in [0.29, 0.717) is 17.5 Å². The Morgan fingerprint density at radius 2 is 2.38 bits per heavy atom. The number of hydrogen-bond donors (Lipinski definition) is 1. The van der Waals surface area contributed by atoms with Crippen LogP contribution < -0.4 is 5.73 Å². The van der Waals surface area contributed by atoms with E-state index >= 15 is 0 Å². The molecule has 1 aromatic heterocycles. The van der Waals surface area contributed by atoms with Crippen LogP contribution in [0.3, 0.4) is 0 Å². The Balaban J connectivity index is 0.00000220. The van der Waals surface area contributed by atoms with Crippen LogP contribution in [-0.4, -0.2) is 46.4 Å². The van der Waals surface area contributed by atoms with Crippen molar-refractivity contribution in [2.24, 2.45) is 5.73 Å². The first kappa shape index (κ1) is 18.7. The van der Waals surface area contributed by atoms with Crippen molar-refractivity contribution in [2.75, 3.05) is 25.4 Å². The molecular formula is C14H24ClN3OS2. The summed E-state index contributed by atoms with van der Waals surface area (Å²) < 4.78 is 0. The number of nitrogens with two attached hydrogens (primary N) is 1. The predicted molar refractivity (Wildman–Crippen MR) is 93.8 cm³/mol. The average Bonchev–Trinajstić information content (AvgIpc) is 2.77. The van der Waals surface area contributed by atoms with Crippen LogP contribution in [0.5, 0.6) is 0 Å². The lowest BCUT2D eigenvalue weighted by atomic mass is 10.2. The van der Waals surface area contributed by atoms with Gasteiger partial charge in [-0.3, -0.25) is 4.79 Å². The molecule has 2 heterocycles. The highest BCUT2D eigenvalue weighted by molar-refractivity contribution is 7.99. The van der Waals surface area contributed by atoms with Crippen LogP contribution in [0.15, 0.2) is 5.38 Å². The smallest absolute Gasteiger partial charge is 0.273 e. The minimum Gasteiger partial charge on any atom is -0.336 e. The van der Waals surface area contributed by atoms with Crippen LogP contribution >= 0.6 is 35.5 Å². The van der Waals surface area contributed by atoms with E-state index in [1.165, 1.54) is 24.2 Å². The minimum absolute atomic E-state index is 0. The Hall–Kier alpha value is -0.300. The molecule has 1 fully saturated rings. The molecule has 0 aliphatic carbocycles. The van der Waals surface area contributed by atoms with Gasteiger partial charge in [-0.05, 0) is 25.1 Å². The first-order valence-electron chi connectivity index (χ1n) is 7.30. The Morgan fingerprint density at radius 3 is 3.10 bits per heavy atom. The number of hydrogen-bond acceptors (Lipinski definition) is 5. The van der Waals surface area contributed by atoms with Gasteiger partial charge in [0, 0.05) is 30.1 Å². The van der Waals surface area contributed by atoms with E-state index in [9.17, 15) is 4.79 Å². The average molecular weight is 350 g/mol. The first-order valence-corrected chi connectivity index (χ1v) is 9.22. The second-order valence-corrected chi connectivity index (χ2v) is 7.51. The maximum atomic E-state index is 12.5. The standard InChI is InChI=1S/C14H23N3OS2.ClH/c1-2-19-11-5-3-4-8-17(9-11)14(18)12-10-20-13(16-12)6-7-15;/h10-11H,2-9,15H2,1H3;1H. The van der Waals surface area contributed by atoms with Gasteiger partial charge in [0.05, 0.1) is 5.01 Å². The zero-order valence-corrected chi connectivity index (χ0v) is 14.9. The highest BCUT2D eigenvalue weighted by Crippen LogP contribution is 2.23. The molecule has 1 amide bonds. The van der Waals surface area contributed by atoms with Crippen molar-refractivity contribution in [1.82, 2.24) is 9.88 Å². The number of amides is 1. The van der Waals surface area contributed by atoms with Crippen molar-refractivity contribution < 1.29 is 4.79 Å². The van der Waals surface area contributed by atoms with Crippen LogP contribution in [0, 0.1) is 0 Å². The van der Waals surface area contributed by atoms with Gasteiger partial charge >= 0.3 is 0 Å². The topological polar surface area (TPSA) is 59.2 Å². The summed E-state index contributed by atoms with van der Waals surface area (Å²) in [5.41, 5.74) is 6.13. The Morgan fingerprint density at radius 1 is 1.57 bits per heavy atom. The molecule has 0 saturated carbocycles. The molecular weight excluding hydrogens is 326 g/mol. The lowest BCUT2D eigenvalue weighted by molar-refractivity contribution is 0.0758.